The fraction of sp³-hybridized carbons (Fsp3) is 0.111. The summed E-state index contributed by atoms with van der Waals surface area (Å²) in [4.78, 5) is 37.6. The van der Waals surface area contributed by atoms with Gasteiger partial charge in [-0.05, 0) is 36.8 Å². The van der Waals surface area contributed by atoms with Crippen LogP contribution in [-0.4, -0.2) is 30.4 Å². The van der Waals surface area contributed by atoms with Crippen molar-refractivity contribution in [3.63, 3.8) is 0 Å². The van der Waals surface area contributed by atoms with Gasteiger partial charge in [0.15, 0.2) is 0 Å². The molecule has 8 nitrogen and oxygen atoms in total. The zero-order chi connectivity index (χ0) is 18.1. The number of hydrogen-bond donors (Lipinski definition) is 3. The van der Waals surface area contributed by atoms with E-state index in [1.165, 1.54) is 0 Å². The number of amides is 1. The number of nitrogens with zero attached hydrogens (tertiary/aromatic N) is 3. The summed E-state index contributed by atoms with van der Waals surface area (Å²) in [5, 5.41) is 2.96. The van der Waals surface area contributed by atoms with E-state index in [0.717, 1.165) is 11.1 Å². The Bertz CT molecular complexity index is 1130. The smallest absolute Gasteiger partial charge is 0.323 e. The molecule has 3 heterocycles. The first-order chi connectivity index (χ1) is 12.6. The van der Waals surface area contributed by atoms with E-state index in [1.807, 2.05) is 25.1 Å². The van der Waals surface area contributed by atoms with Crippen molar-refractivity contribution in [1.29, 1.82) is 0 Å². The first-order valence-electron chi connectivity index (χ1n) is 8.07. The molecule has 4 aromatic rings. The summed E-state index contributed by atoms with van der Waals surface area (Å²) in [6.45, 7) is 1.89. The Morgan fingerprint density at radius 1 is 1.15 bits per heavy atom. The second kappa shape index (κ2) is 6.32. The molecule has 0 aliphatic heterocycles. The standard InChI is InChI=1S/C18H16N6O2/c1-11(12-2-3-14-15(8-12)23-18(26)22-14)21-17(25)13-4-5-20-16(9-13)24-7-6-19-10-24/h2-11H,1H3,(H,21,25)(H2,22,23,26)/t11-/m1/s1. The topological polar surface area (TPSA) is 108 Å². The minimum atomic E-state index is -0.252. The molecule has 0 bridgehead atoms. The van der Waals surface area contributed by atoms with E-state index in [9.17, 15) is 9.59 Å². The molecule has 0 spiro atoms. The maximum atomic E-state index is 12.6. The highest BCUT2D eigenvalue weighted by atomic mass is 16.2. The van der Waals surface area contributed by atoms with Gasteiger partial charge in [-0.3, -0.25) is 9.36 Å². The highest BCUT2D eigenvalue weighted by Gasteiger charge is 2.13. The lowest BCUT2D eigenvalue weighted by atomic mass is 10.1. The van der Waals surface area contributed by atoms with Crippen molar-refractivity contribution in [3.8, 4) is 5.82 Å². The third-order valence-corrected chi connectivity index (χ3v) is 4.16. The molecular weight excluding hydrogens is 332 g/mol. The fourth-order valence-corrected chi connectivity index (χ4v) is 2.78. The molecule has 0 aliphatic rings. The zero-order valence-electron chi connectivity index (χ0n) is 13.9. The minimum absolute atomic E-state index is 0.205. The van der Waals surface area contributed by atoms with Crippen LogP contribution in [0.4, 0.5) is 0 Å². The van der Waals surface area contributed by atoms with E-state index >= 15 is 0 Å². The molecule has 0 saturated heterocycles. The Hall–Kier alpha value is -3.68. The number of H-pyrrole nitrogens is 2. The summed E-state index contributed by atoms with van der Waals surface area (Å²) in [6.07, 6.45) is 6.63. The maximum absolute atomic E-state index is 12.6. The molecule has 0 aliphatic carbocycles. The number of hydrogen-bond acceptors (Lipinski definition) is 4. The lowest BCUT2D eigenvalue weighted by Gasteiger charge is -2.15. The Labute approximate surface area is 147 Å². The molecule has 26 heavy (non-hydrogen) atoms. The Kier molecular flexibility index (Phi) is 3.85. The molecule has 0 saturated carbocycles. The van der Waals surface area contributed by atoms with Gasteiger partial charge in [0.1, 0.15) is 12.1 Å². The second-order valence-corrected chi connectivity index (χ2v) is 5.95. The van der Waals surface area contributed by atoms with E-state index in [-0.39, 0.29) is 17.6 Å². The normalized spacial score (nSPS) is 12.2. The van der Waals surface area contributed by atoms with Crippen molar-refractivity contribution in [3.05, 3.63) is 76.9 Å². The van der Waals surface area contributed by atoms with Gasteiger partial charge in [-0.2, -0.15) is 0 Å². The van der Waals surface area contributed by atoms with Crippen LogP contribution in [0.25, 0.3) is 16.9 Å². The molecule has 3 aromatic heterocycles. The average molecular weight is 348 g/mol. The van der Waals surface area contributed by atoms with Crippen LogP contribution >= 0.6 is 0 Å². The number of carbonyl (C=O) groups is 1. The summed E-state index contributed by atoms with van der Waals surface area (Å²) >= 11 is 0. The summed E-state index contributed by atoms with van der Waals surface area (Å²) in [5.74, 6) is 0.415. The predicted molar refractivity (Wildman–Crippen MR) is 96.2 cm³/mol. The number of rotatable bonds is 4. The molecule has 1 atom stereocenters. The van der Waals surface area contributed by atoms with Gasteiger partial charge >= 0.3 is 5.69 Å². The zero-order valence-corrected chi connectivity index (χ0v) is 13.9. The highest BCUT2D eigenvalue weighted by Crippen LogP contribution is 2.18. The number of aromatic amines is 2. The number of benzene rings is 1. The molecular formula is C18H16N6O2. The second-order valence-electron chi connectivity index (χ2n) is 5.95. The molecule has 4 rings (SSSR count). The van der Waals surface area contributed by atoms with Crippen LogP contribution in [0.2, 0.25) is 0 Å². The summed E-state index contributed by atoms with van der Waals surface area (Å²) < 4.78 is 1.73. The van der Waals surface area contributed by atoms with Gasteiger partial charge in [-0.1, -0.05) is 6.07 Å². The van der Waals surface area contributed by atoms with Crippen molar-refractivity contribution in [1.82, 2.24) is 29.8 Å². The fourth-order valence-electron chi connectivity index (χ4n) is 2.78. The van der Waals surface area contributed by atoms with Gasteiger partial charge in [0, 0.05) is 24.2 Å². The van der Waals surface area contributed by atoms with Crippen LogP contribution in [0.3, 0.4) is 0 Å². The van der Waals surface area contributed by atoms with Gasteiger partial charge in [-0.25, -0.2) is 14.8 Å². The van der Waals surface area contributed by atoms with Crippen LogP contribution in [0, 0.1) is 0 Å². The van der Waals surface area contributed by atoms with Crippen LogP contribution in [0.1, 0.15) is 28.9 Å². The van der Waals surface area contributed by atoms with E-state index in [4.69, 9.17) is 0 Å². The third kappa shape index (κ3) is 3.00. The number of pyridine rings is 1. The number of aromatic nitrogens is 5. The maximum Gasteiger partial charge on any atom is 0.323 e. The molecule has 8 heteroatoms. The quantitative estimate of drug-likeness (QED) is 0.523. The van der Waals surface area contributed by atoms with Crippen LogP contribution in [0.5, 0.6) is 0 Å². The highest BCUT2D eigenvalue weighted by molar-refractivity contribution is 5.94. The van der Waals surface area contributed by atoms with Gasteiger partial charge in [0.05, 0.1) is 17.1 Å². The van der Waals surface area contributed by atoms with E-state index in [2.05, 4.69) is 25.3 Å². The Morgan fingerprint density at radius 3 is 2.81 bits per heavy atom. The van der Waals surface area contributed by atoms with Gasteiger partial charge < -0.3 is 15.3 Å². The van der Waals surface area contributed by atoms with Gasteiger partial charge in [0.2, 0.25) is 0 Å². The van der Waals surface area contributed by atoms with Crippen molar-refractivity contribution in [2.45, 2.75) is 13.0 Å². The third-order valence-electron chi connectivity index (χ3n) is 4.16. The molecule has 3 N–H and O–H groups in total. The molecule has 0 radical (unpaired) electrons. The van der Waals surface area contributed by atoms with Crippen LogP contribution in [0.15, 0.2) is 60.0 Å². The number of fused-ring (bicyclic) bond motifs is 1. The molecule has 130 valence electrons. The lowest BCUT2D eigenvalue weighted by molar-refractivity contribution is 0.0939. The Balaban J connectivity index is 1.55. The first kappa shape index (κ1) is 15.8. The van der Waals surface area contributed by atoms with Crippen molar-refractivity contribution < 1.29 is 4.79 Å². The molecule has 0 unspecified atom stereocenters. The lowest BCUT2D eigenvalue weighted by Crippen LogP contribution is -2.26. The first-order valence-corrected chi connectivity index (χ1v) is 8.07. The monoisotopic (exact) mass is 348 g/mol. The van der Waals surface area contributed by atoms with Crippen molar-refractivity contribution >= 4 is 16.9 Å². The van der Waals surface area contributed by atoms with E-state index in [0.29, 0.717) is 16.9 Å². The minimum Gasteiger partial charge on any atom is -0.346 e. The number of nitrogens with one attached hydrogen (secondary N) is 3. The van der Waals surface area contributed by atoms with Crippen molar-refractivity contribution in [2.24, 2.45) is 0 Å². The van der Waals surface area contributed by atoms with Gasteiger partial charge in [0.25, 0.3) is 5.91 Å². The van der Waals surface area contributed by atoms with Crippen LogP contribution in [-0.2, 0) is 0 Å². The average Bonchev–Trinajstić information content (AvgIpc) is 3.29. The number of carbonyl (C=O) groups excluding carboxylic acids is 1. The largest absolute Gasteiger partial charge is 0.346 e. The van der Waals surface area contributed by atoms with Crippen molar-refractivity contribution in [2.75, 3.05) is 0 Å². The molecule has 1 aromatic carbocycles. The Morgan fingerprint density at radius 2 is 2.00 bits per heavy atom. The van der Waals surface area contributed by atoms with Crippen LogP contribution < -0.4 is 11.0 Å². The number of imidazole rings is 2. The van der Waals surface area contributed by atoms with E-state index in [1.54, 1.807) is 41.6 Å². The predicted octanol–water partition coefficient (Wildman–Crippen LogP) is 1.93. The SMILES string of the molecule is C[C@@H](NC(=O)c1ccnc(-n2ccnc2)c1)c1ccc2[nH]c(=O)[nH]c2c1. The van der Waals surface area contributed by atoms with Gasteiger partial charge in [-0.15, -0.1) is 0 Å². The summed E-state index contributed by atoms with van der Waals surface area (Å²) in [7, 11) is 0. The summed E-state index contributed by atoms with van der Waals surface area (Å²) in [5.41, 5.74) is 2.59. The van der Waals surface area contributed by atoms with E-state index < -0.39 is 0 Å². The molecule has 0 fully saturated rings. The molecule has 1 amide bonds. The summed E-state index contributed by atoms with van der Waals surface area (Å²) in [6, 6.07) is 8.68.